The fraction of sp³-hybridized carbons (Fsp3) is 0.357. The number of amides is 1. The maximum Gasteiger partial charge on any atom is 0.287 e. The minimum absolute atomic E-state index is 0.158. The zero-order valence-corrected chi connectivity index (χ0v) is 11.1. The third kappa shape index (κ3) is 3.48. The number of anilines is 1. The van der Waals surface area contributed by atoms with Crippen molar-refractivity contribution in [1.29, 1.82) is 0 Å². The molecule has 5 heteroatoms. The molecule has 2 aromatic rings. The van der Waals surface area contributed by atoms with Crippen LogP contribution in [0.4, 0.5) is 5.69 Å². The van der Waals surface area contributed by atoms with Crippen molar-refractivity contribution in [2.45, 2.75) is 20.0 Å². The predicted octanol–water partition coefficient (Wildman–Crippen LogP) is 2.17. The minimum atomic E-state index is -0.248. The van der Waals surface area contributed by atoms with Crippen molar-refractivity contribution in [3.8, 4) is 0 Å². The Morgan fingerprint density at radius 1 is 1.42 bits per heavy atom. The van der Waals surface area contributed by atoms with Gasteiger partial charge in [0.25, 0.3) is 5.91 Å². The van der Waals surface area contributed by atoms with Gasteiger partial charge in [-0.2, -0.15) is 0 Å². The van der Waals surface area contributed by atoms with Crippen molar-refractivity contribution in [2.75, 3.05) is 18.9 Å². The number of fused-ring (bicyclic) bond motifs is 1. The third-order valence-electron chi connectivity index (χ3n) is 2.60. The van der Waals surface area contributed by atoms with Gasteiger partial charge in [-0.05, 0) is 38.1 Å². The van der Waals surface area contributed by atoms with Crippen LogP contribution in [0.25, 0.3) is 11.0 Å². The highest BCUT2D eigenvalue weighted by Crippen LogP contribution is 2.21. The van der Waals surface area contributed by atoms with Gasteiger partial charge in [0.1, 0.15) is 5.58 Å². The second-order valence-electron chi connectivity index (χ2n) is 4.58. The summed E-state index contributed by atoms with van der Waals surface area (Å²) in [6, 6.07) is 6.95. The Kier molecular flexibility index (Phi) is 4.06. The molecule has 0 unspecified atom stereocenters. The molecule has 1 amide bonds. The van der Waals surface area contributed by atoms with E-state index in [1.165, 1.54) is 0 Å². The Bertz CT molecular complexity index is 575. The first-order valence-corrected chi connectivity index (χ1v) is 6.25. The van der Waals surface area contributed by atoms with E-state index in [1.54, 1.807) is 24.3 Å². The largest absolute Gasteiger partial charge is 0.451 e. The zero-order valence-electron chi connectivity index (χ0n) is 11.1. The van der Waals surface area contributed by atoms with Crippen molar-refractivity contribution in [2.24, 2.45) is 0 Å². The number of carbonyl (C=O) groups excluding carboxylic acids is 1. The Balaban J connectivity index is 1.97. The van der Waals surface area contributed by atoms with E-state index >= 15 is 0 Å². The van der Waals surface area contributed by atoms with Gasteiger partial charge in [0.05, 0.1) is 12.7 Å². The first-order chi connectivity index (χ1) is 9.06. The molecule has 0 atom stereocenters. The monoisotopic (exact) mass is 262 g/mol. The molecule has 3 N–H and O–H groups in total. The van der Waals surface area contributed by atoms with Crippen molar-refractivity contribution < 1.29 is 13.9 Å². The topological polar surface area (TPSA) is 77.5 Å². The summed E-state index contributed by atoms with van der Waals surface area (Å²) in [7, 11) is 0. The summed E-state index contributed by atoms with van der Waals surface area (Å²) in [6.07, 6.45) is 0.158. The first kappa shape index (κ1) is 13.4. The van der Waals surface area contributed by atoms with E-state index in [2.05, 4.69) is 5.32 Å². The van der Waals surface area contributed by atoms with Gasteiger partial charge < -0.3 is 20.2 Å². The lowest BCUT2D eigenvalue weighted by molar-refractivity contribution is 0.0737. The van der Waals surface area contributed by atoms with Crippen LogP contribution in [0.1, 0.15) is 24.4 Å². The van der Waals surface area contributed by atoms with Crippen molar-refractivity contribution in [3.05, 3.63) is 30.0 Å². The molecule has 5 nitrogen and oxygen atoms in total. The van der Waals surface area contributed by atoms with Crippen molar-refractivity contribution >= 4 is 22.6 Å². The fourth-order valence-electron chi connectivity index (χ4n) is 1.72. The molecule has 2 rings (SSSR count). The quantitative estimate of drug-likeness (QED) is 0.639. The highest BCUT2D eigenvalue weighted by molar-refractivity contribution is 5.96. The van der Waals surface area contributed by atoms with Gasteiger partial charge in [-0.3, -0.25) is 4.79 Å². The number of hydrogen-bond acceptors (Lipinski definition) is 4. The number of carbonyl (C=O) groups is 1. The molecule has 0 aliphatic rings. The van der Waals surface area contributed by atoms with Crippen LogP contribution >= 0.6 is 0 Å². The van der Waals surface area contributed by atoms with E-state index < -0.39 is 0 Å². The maximum atomic E-state index is 11.9. The smallest absolute Gasteiger partial charge is 0.287 e. The lowest BCUT2D eigenvalue weighted by atomic mass is 10.2. The summed E-state index contributed by atoms with van der Waals surface area (Å²) in [5.41, 5.74) is 6.97. The number of nitrogen functional groups attached to an aromatic ring is 1. The lowest BCUT2D eigenvalue weighted by Gasteiger charge is -2.07. The predicted molar refractivity (Wildman–Crippen MR) is 74.0 cm³/mol. The Labute approximate surface area is 111 Å². The van der Waals surface area contributed by atoms with E-state index in [-0.39, 0.29) is 17.8 Å². The highest BCUT2D eigenvalue weighted by Gasteiger charge is 2.11. The first-order valence-electron chi connectivity index (χ1n) is 6.25. The second kappa shape index (κ2) is 5.75. The SMILES string of the molecule is CC(C)OCCNC(=O)c1cc2cc(N)ccc2o1. The van der Waals surface area contributed by atoms with Crippen LogP contribution < -0.4 is 11.1 Å². The van der Waals surface area contributed by atoms with Crippen LogP contribution in [0.3, 0.4) is 0 Å². The molecule has 1 heterocycles. The molecule has 0 saturated heterocycles. The van der Waals surface area contributed by atoms with Gasteiger partial charge in [0, 0.05) is 17.6 Å². The molecule has 19 heavy (non-hydrogen) atoms. The van der Waals surface area contributed by atoms with Crippen LogP contribution in [-0.4, -0.2) is 25.2 Å². The number of furan rings is 1. The summed E-state index contributed by atoms with van der Waals surface area (Å²) in [5, 5.41) is 3.56. The normalized spacial score (nSPS) is 11.1. The molecule has 1 aromatic heterocycles. The zero-order chi connectivity index (χ0) is 13.8. The van der Waals surface area contributed by atoms with Gasteiger partial charge >= 0.3 is 0 Å². The van der Waals surface area contributed by atoms with E-state index in [0.29, 0.717) is 24.4 Å². The lowest BCUT2D eigenvalue weighted by Crippen LogP contribution is -2.27. The number of nitrogens with one attached hydrogen (secondary N) is 1. The maximum absolute atomic E-state index is 11.9. The molecular formula is C14H18N2O3. The van der Waals surface area contributed by atoms with Crippen LogP contribution in [-0.2, 0) is 4.74 Å². The molecule has 0 aliphatic heterocycles. The van der Waals surface area contributed by atoms with Crippen LogP contribution in [0.15, 0.2) is 28.7 Å². The van der Waals surface area contributed by atoms with Crippen LogP contribution in [0.2, 0.25) is 0 Å². The average molecular weight is 262 g/mol. The molecule has 0 saturated carbocycles. The standard InChI is InChI=1S/C14H18N2O3/c1-9(2)18-6-5-16-14(17)13-8-10-7-11(15)3-4-12(10)19-13/h3-4,7-9H,5-6,15H2,1-2H3,(H,16,17). The van der Waals surface area contributed by atoms with Gasteiger partial charge in [-0.1, -0.05) is 0 Å². The van der Waals surface area contributed by atoms with Gasteiger partial charge in [-0.25, -0.2) is 0 Å². The number of rotatable bonds is 5. The fourth-order valence-corrected chi connectivity index (χ4v) is 1.72. The summed E-state index contributed by atoms with van der Waals surface area (Å²) >= 11 is 0. The van der Waals surface area contributed by atoms with E-state index in [0.717, 1.165) is 5.39 Å². The molecule has 0 bridgehead atoms. The molecule has 102 valence electrons. The summed E-state index contributed by atoms with van der Waals surface area (Å²) in [6.45, 7) is 4.84. The van der Waals surface area contributed by atoms with Crippen molar-refractivity contribution in [3.63, 3.8) is 0 Å². The van der Waals surface area contributed by atoms with Crippen molar-refractivity contribution in [1.82, 2.24) is 5.32 Å². The highest BCUT2D eigenvalue weighted by atomic mass is 16.5. The summed E-state index contributed by atoms with van der Waals surface area (Å²) < 4.78 is 10.8. The third-order valence-corrected chi connectivity index (χ3v) is 2.60. The summed E-state index contributed by atoms with van der Waals surface area (Å²) in [5.74, 6) is 0.0345. The average Bonchev–Trinajstić information content (AvgIpc) is 2.77. The Hall–Kier alpha value is -2.01. The second-order valence-corrected chi connectivity index (χ2v) is 4.58. The van der Waals surface area contributed by atoms with Gasteiger partial charge in [0.2, 0.25) is 0 Å². The number of nitrogens with two attached hydrogens (primary N) is 1. The Morgan fingerprint density at radius 2 is 2.21 bits per heavy atom. The molecule has 0 spiro atoms. The Morgan fingerprint density at radius 3 is 2.95 bits per heavy atom. The van der Waals surface area contributed by atoms with E-state index in [1.807, 2.05) is 13.8 Å². The number of hydrogen-bond donors (Lipinski definition) is 2. The minimum Gasteiger partial charge on any atom is -0.451 e. The van der Waals surface area contributed by atoms with E-state index in [4.69, 9.17) is 14.9 Å². The molecular weight excluding hydrogens is 244 g/mol. The van der Waals surface area contributed by atoms with Crippen LogP contribution in [0, 0.1) is 0 Å². The van der Waals surface area contributed by atoms with Crippen LogP contribution in [0.5, 0.6) is 0 Å². The van der Waals surface area contributed by atoms with Gasteiger partial charge in [-0.15, -0.1) is 0 Å². The molecule has 0 fully saturated rings. The summed E-state index contributed by atoms with van der Waals surface area (Å²) in [4.78, 5) is 11.9. The molecule has 0 radical (unpaired) electrons. The molecule has 0 aliphatic carbocycles. The number of benzene rings is 1. The van der Waals surface area contributed by atoms with Gasteiger partial charge in [0.15, 0.2) is 5.76 Å². The molecule has 1 aromatic carbocycles. The van der Waals surface area contributed by atoms with E-state index in [9.17, 15) is 4.79 Å². The number of ether oxygens (including phenoxy) is 1.